The fraction of sp³-hybridized carbons (Fsp3) is 0.273. The zero-order chi connectivity index (χ0) is 22.8. The van der Waals surface area contributed by atoms with Gasteiger partial charge >= 0.3 is 0 Å². The number of sulfonamides is 1. The van der Waals surface area contributed by atoms with Crippen LogP contribution in [0.5, 0.6) is 5.75 Å². The molecule has 0 spiro atoms. The number of hydrogen-bond acceptors (Lipinski definition) is 6. The van der Waals surface area contributed by atoms with Gasteiger partial charge in [0.25, 0.3) is 10.0 Å². The van der Waals surface area contributed by atoms with Crippen LogP contribution in [-0.4, -0.2) is 25.5 Å². The van der Waals surface area contributed by atoms with Gasteiger partial charge in [-0.1, -0.05) is 56.3 Å². The summed E-state index contributed by atoms with van der Waals surface area (Å²) >= 11 is 7.58. The van der Waals surface area contributed by atoms with Crippen molar-refractivity contribution in [2.24, 2.45) is 0 Å². The molecule has 0 saturated carbocycles. The molecule has 0 aliphatic rings. The second-order valence-corrected chi connectivity index (χ2v) is 11.1. The first kappa shape index (κ1) is 23.4. The molecule has 6 nitrogen and oxygen atoms in total. The van der Waals surface area contributed by atoms with Crippen LogP contribution in [0.4, 0.5) is 5.82 Å². The summed E-state index contributed by atoms with van der Waals surface area (Å²) in [4.78, 5) is 9.52. The fourth-order valence-corrected chi connectivity index (χ4v) is 4.92. The number of benzene rings is 2. The number of rotatable bonds is 6. The average molecular weight is 478 g/mol. The maximum absolute atomic E-state index is 12.9. The van der Waals surface area contributed by atoms with E-state index in [9.17, 15) is 8.42 Å². The molecule has 0 fully saturated rings. The van der Waals surface area contributed by atoms with Crippen molar-refractivity contribution in [3.05, 3.63) is 64.9 Å². The van der Waals surface area contributed by atoms with Crippen LogP contribution in [0.3, 0.4) is 0 Å². The zero-order valence-electron chi connectivity index (χ0n) is 17.9. The molecule has 2 aromatic carbocycles. The van der Waals surface area contributed by atoms with E-state index in [4.69, 9.17) is 16.3 Å². The molecule has 0 radical (unpaired) electrons. The smallest absolute Gasteiger partial charge is 0.263 e. The summed E-state index contributed by atoms with van der Waals surface area (Å²) in [5.41, 5.74) is 0.991. The van der Waals surface area contributed by atoms with E-state index < -0.39 is 10.0 Å². The van der Waals surface area contributed by atoms with Crippen LogP contribution in [0.25, 0.3) is 0 Å². The third kappa shape index (κ3) is 5.90. The van der Waals surface area contributed by atoms with Gasteiger partial charge in [-0.05, 0) is 48.2 Å². The van der Waals surface area contributed by atoms with E-state index in [0.717, 1.165) is 10.5 Å². The number of nitrogens with zero attached hydrogens (tertiary/aromatic N) is 2. The first-order chi connectivity index (χ1) is 14.5. The third-order valence-corrected chi connectivity index (χ3v) is 7.23. The quantitative estimate of drug-likeness (QED) is 0.459. The van der Waals surface area contributed by atoms with Gasteiger partial charge in [-0.15, -0.1) is 0 Å². The van der Waals surface area contributed by atoms with Crippen molar-refractivity contribution >= 4 is 39.2 Å². The molecule has 0 amide bonds. The van der Waals surface area contributed by atoms with Crippen LogP contribution in [0.15, 0.2) is 63.3 Å². The molecule has 0 saturated heterocycles. The number of hydrogen-bond donors (Lipinski definition) is 1. The minimum atomic E-state index is -3.80. The van der Waals surface area contributed by atoms with E-state index in [-0.39, 0.29) is 16.1 Å². The lowest BCUT2D eigenvalue weighted by molar-refractivity contribution is 0.413. The minimum absolute atomic E-state index is 0.0625. The lowest BCUT2D eigenvalue weighted by atomic mass is 9.87. The average Bonchev–Trinajstić information content (AvgIpc) is 2.68. The van der Waals surface area contributed by atoms with Crippen LogP contribution in [0.2, 0.25) is 5.02 Å². The highest BCUT2D eigenvalue weighted by Crippen LogP contribution is 2.35. The molecule has 3 rings (SSSR count). The number of aromatic nitrogens is 2. The van der Waals surface area contributed by atoms with Crippen molar-refractivity contribution in [1.82, 2.24) is 9.97 Å². The van der Waals surface area contributed by atoms with Gasteiger partial charge in [-0.2, -0.15) is 0 Å². The Balaban J connectivity index is 1.86. The van der Waals surface area contributed by atoms with Gasteiger partial charge in [0.1, 0.15) is 22.4 Å². The molecule has 1 N–H and O–H groups in total. The Kier molecular flexibility index (Phi) is 6.83. The van der Waals surface area contributed by atoms with Gasteiger partial charge in [0.2, 0.25) is 0 Å². The molecule has 31 heavy (non-hydrogen) atoms. The van der Waals surface area contributed by atoms with Crippen molar-refractivity contribution in [3.63, 3.8) is 0 Å². The second kappa shape index (κ2) is 9.06. The Morgan fingerprint density at radius 2 is 1.71 bits per heavy atom. The highest BCUT2D eigenvalue weighted by Gasteiger charge is 2.19. The van der Waals surface area contributed by atoms with E-state index in [2.05, 4.69) is 35.5 Å². The van der Waals surface area contributed by atoms with E-state index in [1.807, 2.05) is 12.1 Å². The number of aryl methyl sites for hydroxylation is 1. The van der Waals surface area contributed by atoms with E-state index in [1.165, 1.54) is 11.8 Å². The molecule has 1 aromatic heterocycles. The molecule has 0 aliphatic carbocycles. The lowest BCUT2D eigenvalue weighted by Gasteiger charge is -2.19. The van der Waals surface area contributed by atoms with Gasteiger partial charge in [0.05, 0.1) is 17.0 Å². The summed E-state index contributed by atoms with van der Waals surface area (Å²) in [6, 6.07) is 13.7. The van der Waals surface area contributed by atoms with Crippen LogP contribution in [0.1, 0.15) is 32.2 Å². The van der Waals surface area contributed by atoms with E-state index in [1.54, 1.807) is 50.4 Å². The van der Waals surface area contributed by atoms with Crippen molar-refractivity contribution < 1.29 is 13.2 Å². The minimum Gasteiger partial charge on any atom is -0.497 e. The highest BCUT2D eigenvalue weighted by molar-refractivity contribution is 7.99. The Morgan fingerprint density at radius 3 is 2.32 bits per heavy atom. The first-order valence-electron chi connectivity index (χ1n) is 9.48. The summed E-state index contributed by atoms with van der Waals surface area (Å²) in [6.45, 7) is 7.93. The van der Waals surface area contributed by atoms with Crippen LogP contribution in [0, 0.1) is 6.92 Å². The largest absolute Gasteiger partial charge is 0.497 e. The summed E-state index contributed by atoms with van der Waals surface area (Å²) in [6.07, 6.45) is 0. The molecule has 0 unspecified atom stereocenters. The maximum atomic E-state index is 12.9. The first-order valence-corrected chi connectivity index (χ1v) is 12.2. The van der Waals surface area contributed by atoms with Crippen molar-refractivity contribution in [1.29, 1.82) is 0 Å². The molecular weight excluding hydrogens is 454 g/mol. The number of ether oxygens (including phenoxy) is 1. The summed E-state index contributed by atoms with van der Waals surface area (Å²) in [5, 5.41) is 1.10. The molecule has 1 heterocycles. The van der Waals surface area contributed by atoms with E-state index in [0.29, 0.717) is 21.6 Å². The number of methoxy groups -OCH3 is 1. The SMILES string of the molecule is COc1ccc(Cl)c(Sc2cc(NS(=O)(=O)c3ccc(C(C)(C)C)cc3)nc(C)n2)c1. The van der Waals surface area contributed by atoms with Gasteiger partial charge < -0.3 is 4.74 Å². The van der Waals surface area contributed by atoms with E-state index >= 15 is 0 Å². The molecular formula is C22H24ClN3O3S2. The van der Waals surface area contributed by atoms with Crippen molar-refractivity contribution in [2.45, 2.75) is 47.9 Å². The predicted molar refractivity (Wildman–Crippen MR) is 125 cm³/mol. The number of nitrogens with one attached hydrogen (secondary N) is 1. The normalized spacial score (nSPS) is 11.9. The maximum Gasteiger partial charge on any atom is 0.263 e. The van der Waals surface area contributed by atoms with Crippen LogP contribution >= 0.6 is 23.4 Å². The molecule has 0 atom stereocenters. The van der Waals surface area contributed by atoms with Gasteiger partial charge in [0, 0.05) is 11.0 Å². The monoisotopic (exact) mass is 477 g/mol. The molecule has 3 aromatic rings. The Morgan fingerprint density at radius 1 is 1.03 bits per heavy atom. The predicted octanol–water partition coefficient (Wildman–Crippen LogP) is 5.70. The molecule has 164 valence electrons. The van der Waals surface area contributed by atoms with Gasteiger partial charge in [-0.3, -0.25) is 4.72 Å². The summed E-state index contributed by atoms with van der Waals surface area (Å²) in [5.74, 6) is 1.29. The fourth-order valence-electron chi connectivity index (χ4n) is 2.78. The van der Waals surface area contributed by atoms with Gasteiger partial charge in [-0.25, -0.2) is 18.4 Å². The van der Waals surface area contributed by atoms with Crippen molar-refractivity contribution in [2.75, 3.05) is 11.8 Å². The summed E-state index contributed by atoms with van der Waals surface area (Å²) < 4.78 is 33.5. The number of halogens is 1. The molecule has 0 bridgehead atoms. The Labute approximate surface area is 192 Å². The second-order valence-electron chi connectivity index (χ2n) is 7.92. The molecule has 9 heteroatoms. The third-order valence-electron chi connectivity index (χ3n) is 4.44. The zero-order valence-corrected chi connectivity index (χ0v) is 20.3. The Bertz CT molecular complexity index is 1190. The summed E-state index contributed by atoms with van der Waals surface area (Å²) in [7, 11) is -2.22. The number of anilines is 1. The van der Waals surface area contributed by atoms with Crippen LogP contribution in [-0.2, 0) is 15.4 Å². The highest BCUT2D eigenvalue weighted by atomic mass is 35.5. The Hall–Kier alpha value is -2.29. The molecule has 0 aliphatic heterocycles. The van der Waals surface area contributed by atoms with Crippen molar-refractivity contribution in [3.8, 4) is 5.75 Å². The topological polar surface area (TPSA) is 81.2 Å². The standard InChI is InChI=1S/C22H24ClN3O3S2/c1-14-24-20(13-21(25-14)30-19-12-16(29-5)8-11-18(19)23)26-31(27,28)17-9-6-15(7-10-17)22(2,3)4/h6-13H,1-5H3,(H,24,25,26). The van der Waals surface area contributed by atoms with Crippen LogP contribution < -0.4 is 9.46 Å². The van der Waals surface area contributed by atoms with Gasteiger partial charge in [0.15, 0.2) is 0 Å². The lowest BCUT2D eigenvalue weighted by Crippen LogP contribution is -2.16.